The lowest BCUT2D eigenvalue weighted by molar-refractivity contribution is -0.119. The van der Waals surface area contributed by atoms with Gasteiger partial charge in [0, 0.05) is 6.07 Å². The van der Waals surface area contributed by atoms with Gasteiger partial charge in [-0.3, -0.25) is 4.79 Å². The zero-order chi connectivity index (χ0) is 28.2. The Balaban J connectivity index is 1.35. The Bertz CT molecular complexity index is 1320. The first-order chi connectivity index (χ1) is 18.5. The van der Waals surface area contributed by atoms with Crippen LogP contribution < -0.4 is 20.1 Å². The van der Waals surface area contributed by atoms with Crippen LogP contribution in [-0.2, 0) is 16.0 Å². The van der Waals surface area contributed by atoms with Crippen molar-refractivity contribution in [2.45, 2.75) is 65.2 Å². The quantitative estimate of drug-likeness (QED) is 0.334. The summed E-state index contributed by atoms with van der Waals surface area (Å²) in [6, 6.07) is 15.3. The molecule has 0 saturated heterocycles. The van der Waals surface area contributed by atoms with Crippen molar-refractivity contribution >= 4 is 17.7 Å². The number of hydrogen-bond acceptors (Lipinski definition) is 7. The fourth-order valence-corrected chi connectivity index (χ4v) is 4.21. The first-order valence-corrected chi connectivity index (χ1v) is 13.0. The van der Waals surface area contributed by atoms with Crippen LogP contribution in [0.15, 0.2) is 60.8 Å². The van der Waals surface area contributed by atoms with Gasteiger partial charge in [0.25, 0.3) is 0 Å². The standard InChI is InChI=1S/C30H35N3O6/c1-18(2)27(33-29(36)39-30(3,4)5)28(35)32-21-10-14-26(31-17-21)37-23-11-13-25-20(16-23)9-12-24(38-25)19-7-6-8-22(34)15-19/h6-8,10-11,13-18,24,27,34H,9,12H2,1-5H3,(H,32,35)(H,33,36)/t24?,27-/m0/s1. The zero-order valence-corrected chi connectivity index (χ0v) is 22.9. The summed E-state index contributed by atoms with van der Waals surface area (Å²) < 4.78 is 17.4. The van der Waals surface area contributed by atoms with E-state index in [9.17, 15) is 14.7 Å². The number of aromatic nitrogens is 1. The van der Waals surface area contributed by atoms with Gasteiger partial charge in [-0.15, -0.1) is 0 Å². The first kappa shape index (κ1) is 27.8. The van der Waals surface area contributed by atoms with Crippen LogP contribution in [0.5, 0.6) is 23.1 Å². The monoisotopic (exact) mass is 533 g/mol. The molecular weight excluding hydrogens is 498 g/mol. The van der Waals surface area contributed by atoms with E-state index in [1.165, 1.54) is 6.20 Å². The summed E-state index contributed by atoms with van der Waals surface area (Å²) in [6.45, 7) is 8.97. The molecule has 1 aliphatic rings. The molecule has 9 heteroatoms. The number of carbonyl (C=O) groups is 2. The van der Waals surface area contributed by atoms with Crippen molar-refractivity contribution in [1.82, 2.24) is 10.3 Å². The Hall–Kier alpha value is -4.27. The highest BCUT2D eigenvalue weighted by Crippen LogP contribution is 2.38. The highest BCUT2D eigenvalue weighted by atomic mass is 16.6. The van der Waals surface area contributed by atoms with Crippen LogP contribution in [-0.4, -0.2) is 33.7 Å². The highest BCUT2D eigenvalue weighted by Gasteiger charge is 2.27. The molecule has 0 aliphatic carbocycles. The van der Waals surface area contributed by atoms with Gasteiger partial charge in [0.1, 0.15) is 35.0 Å². The predicted molar refractivity (Wildman–Crippen MR) is 147 cm³/mol. The second-order valence-corrected chi connectivity index (χ2v) is 10.9. The number of phenolic OH excluding ortho intramolecular Hbond substituents is 1. The molecule has 2 atom stereocenters. The van der Waals surface area contributed by atoms with Gasteiger partial charge in [0.05, 0.1) is 11.9 Å². The molecule has 39 heavy (non-hydrogen) atoms. The number of phenols is 1. The van der Waals surface area contributed by atoms with E-state index >= 15 is 0 Å². The minimum atomic E-state index is -0.777. The Morgan fingerprint density at radius 2 is 1.90 bits per heavy atom. The second kappa shape index (κ2) is 11.6. The molecule has 3 N–H and O–H groups in total. The van der Waals surface area contributed by atoms with E-state index in [4.69, 9.17) is 14.2 Å². The third-order valence-electron chi connectivity index (χ3n) is 6.07. The summed E-state index contributed by atoms with van der Waals surface area (Å²) in [4.78, 5) is 29.3. The topological polar surface area (TPSA) is 119 Å². The minimum Gasteiger partial charge on any atom is -0.508 e. The third-order valence-corrected chi connectivity index (χ3v) is 6.07. The molecule has 1 aromatic heterocycles. The summed E-state index contributed by atoms with van der Waals surface area (Å²) in [7, 11) is 0. The van der Waals surface area contributed by atoms with Crippen molar-refractivity contribution in [2.24, 2.45) is 5.92 Å². The molecule has 1 unspecified atom stereocenters. The van der Waals surface area contributed by atoms with Crippen LogP contribution in [0.4, 0.5) is 10.5 Å². The SMILES string of the molecule is CC(C)[C@H](NC(=O)OC(C)(C)C)C(=O)Nc1ccc(Oc2ccc3c(c2)CCC(c2cccc(O)c2)O3)nc1. The molecular formula is C30H35N3O6. The fraction of sp³-hybridized carbons (Fsp3) is 0.367. The van der Waals surface area contributed by atoms with Gasteiger partial charge >= 0.3 is 6.09 Å². The van der Waals surface area contributed by atoms with E-state index in [0.29, 0.717) is 17.3 Å². The van der Waals surface area contributed by atoms with Gasteiger partial charge in [-0.1, -0.05) is 26.0 Å². The largest absolute Gasteiger partial charge is 0.508 e. The third kappa shape index (κ3) is 7.63. The van der Waals surface area contributed by atoms with Crippen LogP contribution in [0.1, 0.15) is 58.3 Å². The van der Waals surface area contributed by atoms with Crippen molar-refractivity contribution in [3.05, 3.63) is 71.9 Å². The van der Waals surface area contributed by atoms with Crippen LogP contribution in [0.3, 0.4) is 0 Å². The number of nitrogens with one attached hydrogen (secondary N) is 2. The minimum absolute atomic E-state index is 0.115. The van der Waals surface area contributed by atoms with Crippen LogP contribution in [0, 0.1) is 5.92 Å². The Morgan fingerprint density at radius 1 is 1.10 bits per heavy atom. The van der Waals surface area contributed by atoms with Crippen LogP contribution in [0.2, 0.25) is 0 Å². The Labute approximate surface area is 228 Å². The number of aromatic hydroxyl groups is 1. The molecule has 1 aliphatic heterocycles. The molecule has 4 rings (SSSR count). The van der Waals surface area contributed by atoms with Crippen molar-refractivity contribution in [3.63, 3.8) is 0 Å². The second-order valence-electron chi connectivity index (χ2n) is 10.9. The number of anilines is 1. The van der Waals surface area contributed by atoms with E-state index in [1.54, 1.807) is 45.0 Å². The average Bonchev–Trinajstić information content (AvgIpc) is 2.87. The molecule has 9 nitrogen and oxygen atoms in total. The van der Waals surface area contributed by atoms with Gasteiger partial charge in [-0.25, -0.2) is 9.78 Å². The summed E-state index contributed by atoms with van der Waals surface area (Å²) in [6.07, 6.45) is 2.32. The van der Waals surface area contributed by atoms with Crippen molar-refractivity contribution < 1.29 is 28.9 Å². The molecule has 2 aromatic carbocycles. The molecule has 2 heterocycles. The van der Waals surface area contributed by atoms with E-state index < -0.39 is 17.7 Å². The molecule has 0 fully saturated rings. The number of pyridine rings is 1. The molecule has 2 amide bonds. The maximum atomic E-state index is 12.8. The predicted octanol–water partition coefficient (Wildman–Crippen LogP) is 6.13. The van der Waals surface area contributed by atoms with Crippen molar-refractivity contribution in [1.29, 1.82) is 0 Å². The lowest BCUT2D eigenvalue weighted by atomic mass is 9.97. The summed E-state index contributed by atoms with van der Waals surface area (Å²) in [5, 5.41) is 15.2. The van der Waals surface area contributed by atoms with Crippen molar-refractivity contribution in [2.75, 3.05) is 5.32 Å². The molecule has 0 bridgehead atoms. The number of rotatable bonds is 7. The smallest absolute Gasteiger partial charge is 0.408 e. The molecule has 206 valence electrons. The maximum absolute atomic E-state index is 12.8. The highest BCUT2D eigenvalue weighted by molar-refractivity contribution is 5.96. The normalized spacial score (nSPS) is 15.5. The number of hydrogen-bond donors (Lipinski definition) is 3. The van der Waals surface area contributed by atoms with Crippen LogP contribution >= 0.6 is 0 Å². The van der Waals surface area contributed by atoms with Crippen LogP contribution in [0.25, 0.3) is 0 Å². The zero-order valence-electron chi connectivity index (χ0n) is 22.9. The Morgan fingerprint density at radius 3 is 2.56 bits per heavy atom. The molecule has 3 aromatic rings. The lowest BCUT2D eigenvalue weighted by Crippen LogP contribution is -2.48. The number of carbonyl (C=O) groups excluding carboxylic acids is 2. The number of aryl methyl sites for hydroxylation is 1. The van der Waals surface area contributed by atoms with E-state index in [-0.39, 0.29) is 23.7 Å². The number of benzene rings is 2. The fourth-order valence-electron chi connectivity index (χ4n) is 4.21. The van der Waals surface area contributed by atoms with Gasteiger partial charge in [-0.2, -0.15) is 0 Å². The van der Waals surface area contributed by atoms with E-state index in [1.807, 2.05) is 44.2 Å². The van der Waals surface area contributed by atoms with Gasteiger partial charge < -0.3 is 30.0 Å². The lowest BCUT2D eigenvalue weighted by Gasteiger charge is -2.26. The summed E-state index contributed by atoms with van der Waals surface area (Å²) in [5.74, 6) is 1.48. The van der Waals surface area contributed by atoms with Gasteiger partial charge in [0.2, 0.25) is 11.8 Å². The van der Waals surface area contributed by atoms with E-state index in [0.717, 1.165) is 29.7 Å². The molecule has 0 saturated carbocycles. The summed E-state index contributed by atoms with van der Waals surface area (Å²) >= 11 is 0. The number of alkyl carbamates (subject to hydrolysis) is 1. The average molecular weight is 534 g/mol. The number of ether oxygens (including phenoxy) is 3. The van der Waals surface area contributed by atoms with Gasteiger partial charge in [0.15, 0.2) is 0 Å². The molecule has 0 spiro atoms. The van der Waals surface area contributed by atoms with E-state index in [2.05, 4.69) is 15.6 Å². The number of nitrogens with zero attached hydrogens (tertiary/aromatic N) is 1. The molecule has 0 radical (unpaired) electrons. The maximum Gasteiger partial charge on any atom is 0.408 e. The van der Waals surface area contributed by atoms with Gasteiger partial charge in [-0.05, 0) is 87.1 Å². The number of amides is 2. The summed E-state index contributed by atoms with van der Waals surface area (Å²) in [5.41, 5.74) is 1.78. The first-order valence-electron chi connectivity index (χ1n) is 13.0. The number of fused-ring (bicyclic) bond motifs is 1. The Kier molecular flexibility index (Phi) is 8.28. The van der Waals surface area contributed by atoms with Crippen molar-refractivity contribution in [3.8, 4) is 23.1 Å².